The van der Waals surface area contributed by atoms with Crippen molar-refractivity contribution in [1.82, 2.24) is 10.2 Å². The predicted molar refractivity (Wildman–Crippen MR) is 87.7 cm³/mol. The maximum absolute atomic E-state index is 12.4. The van der Waals surface area contributed by atoms with E-state index in [0.29, 0.717) is 17.6 Å². The fourth-order valence-corrected chi connectivity index (χ4v) is 3.11. The second-order valence-corrected chi connectivity index (χ2v) is 6.30. The molecule has 0 radical (unpaired) electrons. The number of rotatable bonds is 8. The number of hydrogen-bond acceptors (Lipinski definition) is 3. The van der Waals surface area contributed by atoms with Gasteiger partial charge in [0.1, 0.15) is 0 Å². The normalized spacial score (nSPS) is 17.6. The van der Waals surface area contributed by atoms with E-state index in [9.17, 15) is 4.79 Å². The molecule has 20 heavy (non-hydrogen) atoms. The van der Waals surface area contributed by atoms with Crippen LogP contribution in [0.1, 0.15) is 59.3 Å². The Bertz CT molecular complexity index is 325. The van der Waals surface area contributed by atoms with Gasteiger partial charge in [0.2, 0.25) is 5.91 Å². The third-order valence-electron chi connectivity index (χ3n) is 4.34. The van der Waals surface area contributed by atoms with Gasteiger partial charge < -0.3 is 11.1 Å². The van der Waals surface area contributed by atoms with Crippen molar-refractivity contribution < 1.29 is 4.79 Å². The van der Waals surface area contributed by atoms with E-state index in [1.54, 1.807) is 0 Å². The average Bonchev–Trinajstić information content (AvgIpc) is 2.94. The molecule has 0 bridgehead atoms. The molecule has 4 nitrogen and oxygen atoms in total. The minimum Gasteiger partial charge on any atom is -0.392 e. The molecule has 1 fully saturated rings. The van der Waals surface area contributed by atoms with Crippen molar-refractivity contribution >= 4 is 23.1 Å². The fraction of sp³-hybridized carbons (Fsp3) is 0.867. The monoisotopic (exact) mass is 299 g/mol. The highest BCUT2D eigenvalue weighted by Crippen LogP contribution is 2.25. The number of nitrogens with one attached hydrogen (secondary N) is 1. The van der Waals surface area contributed by atoms with E-state index in [1.807, 2.05) is 6.92 Å². The summed E-state index contributed by atoms with van der Waals surface area (Å²) in [6.07, 6.45) is 6.69. The van der Waals surface area contributed by atoms with Gasteiger partial charge in [0.15, 0.2) is 0 Å². The zero-order valence-corrected chi connectivity index (χ0v) is 13.8. The maximum atomic E-state index is 12.4. The van der Waals surface area contributed by atoms with Gasteiger partial charge in [-0.25, -0.2) is 0 Å². The molecule has 0 aromatic carbocycles. The highest BCUT2D eigenvalue weighted by molar-refractivity contribution is 7.80. The number of hydrogen-bond donors (Lipinski definition) is 2. The summed E-state index contributed by atoms with van der Waals surface area (Å²) >= 11 is 5.05. The van der Waals surface area contributed by atoms with Gasteiger partial charge in [0.05, 0.1) is 11.0 Å². The summed E-state index contributed by atoms with van der Waals surface area (Å²) in [7, 11) is 0. The molecule has 0 aromatic rings. The summed E-state index contributed by atoms with van der Waals surface area (Å²) < 4.78 is 0. The Balaban J connectivity index is 2.68. The summed E-state index contributed by atoms with van der Waals surface area (Å²) in [6, 6.07) is 0.541. The first-order chi connectivity index (χ1) is 9.49. The molecule has 116 valence electrons. The standard InChI is InChI=1S/C15H29N3OS/c1-4-12(5-2)17-15(19)11(3)18(10-14(16)20)13-8-6-7-9-13/h11-13H,4-10H2,1-3H3,(H2,16,20)(H,17,19). The van der Waals surface area contributed by atoms with Crippen LogP contribution in [-0.4, -0.2) is 40.5 Å². The van der Waals surface area contributed by atoms with Crippen LogP contribution in [0.5, 0.6) is 0 Å². The molecule has 0 spiro atoms. The summed E-state index contributed by atoms with van der Waals surface area (Å²) in [4.78, 5) is 15.1. The van der Waals surface area contributed by atoms with Crippen LogP contribution >= 0.6 is 12.2 Å². The molecule has 1 unspecified atom stereocenters. The summed E-state index contributed by atoms with van der Waals surface area (Å²) in [5.74, 6) is 0.0989. The van der Waals surface area contributed by atoms with Gasteiger partial charge in [-0.1, -0.05) is 38.9 Å². The summed E-state index contributed by atoms with van der Waals surface area (Å²) in [5.41, 5.74) is 5.71. The number of thiocarbonyl (C=S) groups is 1. The van der Waals surface area contributed by atoms with E-state index >= 15 is 0 Å². The maximum Gasteiger partial charge on any atom is 0.237 e. The van der Waals surface area contributed by atoms with Crippen molar-refractivity contribution in [2.75, 3.05) is 6.54 Å². The minimum absolute atomic E-state index is 0.0989. The molecule has 0 saturated heterocycles. The third-order valence-corrected chi connectivity index (χ3v) is 4.47. The first-order valence-electron chi connectivity index (χ1n) is 7.84. The fourth-order valence-electron chi connectivity index (χ4n) is 2.96. The van der Waals surface area contributed by atoms with Crippen molar-refractivity contribution in [3.8, 4) is 0 Å². The van der Waals surface area contributed by atoms with Crippen LogP contribution in [0.25, 0.3) is 0 Å². The molecule has 0 aromatic heterocycles. The molecular formula is C15H29N3OS. The Morgan fingerprint density at radius 2 is 1.90 bits per heavy atom. The molecule has 1 aliphatic carbocycles. The topological polar surface area (TPSA) is 58.4 Å². The molecule has 3 N–H and O–H groups in total. The number of carbonyl (C=O) groups excluding carboxylic acids is 1. The Morgan fingerprint density at radius 3 is 2.35 bits per heavy atom. The van der Waals surface area contributed by atoms with Gasteiger partial charge in [0.25, 0.3) is 0 Å². The van der Waals surface area contributed by atoms with Crippen molar-refractivity contribution in [3.63, 3.8) is 0 Å². The van der Waals surface area contributed by atoms with Crippen LogP contribution in [0.15, 0.2) is 0 Å². The number of amides is 1. The van der Waals surface area contributed by atoms with Crippen molar-refractivity contribution in [2.45, 2.75) is 77.4 Å². The van der Waals surface area contributed by atoms with Crippen LogP contribution in [-0.2, 0) is 4.79 Å². The van der Waals surface area contributed by atoms with E-state index < -0.39 is 0 Å². The highest BCUT2D eigenvalue weighted by atomic mass is 32.1. The van der Waals surface area contributed by atoms with E-state index in [0.717, 1.165) is 25.7 Å². The second-order valence-electron chi connectivity index (χ2n) is 5.77. The van der Waals surface area contributed by atoms with Gasteiger partial charge in [-0.15, -0.1) is 0 Å². The molecule has 1 aliphatic rings. The van der Waals surface area contributed by atoms with Crippen LogP contribution in [0.4, 0.5) is 0 Å². The number of nitrogens with two attached hydrogens (primary N) is 1. The Hall–Kier alpha value is -0.680. The third kappa shape index (κ3) is 5.02. The SMILES string of the molecule is CCC(CC)NC(=O)C(C)N(CC(N)=S)C1CCCC1. The lowest BCUT2D eigenvalue weighted by Crippen LogP contribution is -2.53. The van der Waals surface area contributed by atoms with Gasteiger partial charge in [-0.2, -0.15) is 0 Å². The lowest BCUT2D eigenvalue weighted by molar-refractivity contribution is -0.127. The highest BCUT2D eigenvalue weighted by Gasteiger charge is 2.30. The smallest absolute Gasteiger partial charge is 0.237 e. The van der Waals surface area contributed by atoms with Crippen LogP contribution in [0.2, 0.25) is 0 Å². The molecule has 1 rings (SSSR count). The summed E-state index contributed by atoms with van der Waals surface area (Å²) in [5, 5.41) is 3.13. The van der Waals surface area contributed by atoms with Crippen molar-refractivity contribution in [1.29, 1.82) is 0 Å². The first kappa shape index (κ1) is 17.4. The minimum atomic E-state index is -0.166. The molecule has 5 heteroatoms. The lowest BCUT2D eigenvalue weighted by atomic mass is 10.1. The lowest BCUT2D eigenvalue weighted by Gasteiger charge is -2.34. The molecule has 1 amide bonds. The molecule has 1 atom stereocenters. The molecule has 0 heterocycles. The Labute approximate surface area is 128 Å². The molecular weight excluding hydrogens is 270 g/mol. The van der Waals surface area contributed by atoms with E-state index in [2.05, 4.69) is 24.1 Å². The largest absolute Gasteiger partial charge is 0.392 e. The summed E-state index contributed by atoms with van der Waals surface area (Å²) in [6.45, 7) is 6.71. The predicted octanol–water partition coefficient (Wildman–Crippen LogP) is 2.21. The van der Waals surface area contributed by atoms with Gasteiger partial charge in [-0.3, -0.25) is 9.69 Å². The average molecular weight is 299 g/mol. The van der Waals surface area contributed by atoms with E-state index in [-0.39, 0.29) is 18.0 Å². The second kappa shape index (κ2) is 8.57. The zero-order chi connectivity index (χ0) is 15.1. The van der Waals surface area contributed by atoms with Gasteiger partial charge in [0, 0.05) is 18.6 Å². The van der Waals surface area contributed by atoms with E-state index in [1.165, 1.54) is 12.8 Å². The first-order valence-corrected chi connectivity index (χ1v) is 8.24. The van der Waals surface area contributed by atoms with Crippen molar-refractivity contribution in [3.05, 3.63) is 0 Å². The molecule has 1 saturated carbocycles. The Morgan fingerprint density at radius 1 is 1.35 bits per heavy atom. The van der Waals surface area contributed by atoms with Crippen LogP contribution < -0.4 is 11.1 Å². The van der Waals surface area contributed by atoms with Crippen molar-refractivity contribution in [2.24, 2.45) is 5.73 Å². The molecule has 0 aliphatic heterocycles. The van der Waals surface area contributed by atoms with E-state index in [4.69, 9.17) is 18.0 Å². The number of nitrogens with zero attached hydrogens (tertiary/aromatic N) is 1. The van der Waals surface area contributed by atoms with Gasteiger partial charge in [-0.05, 0) is 32.6 Å². The Kier molecular flexibility index (Phi) is 7.45. The van der Waals surface area contributed by atoms with Gasteiger partial charge >= 0.3 is 0 Å². The quantitative estimate of drug-likeness (QED) is 0.675. The van der Waals surface area contributed by atoms with Crippen LogP contribution in [0, 0.1) is 0 Å². The zero-order valence-electron chi connectivity index (χ0n) is 13.0. The van der Waals surface area contributed by atoms with Crippen LogP contribution in [0.3, 0.4) is 0 Å². The number of carbonyl (C=O) groups is 1.